The summed E-state index contributed by atoms with van der Waals surface area (Å²) in [7, 11) is 2.15. The van der Waals surface area contributed by atoms with Crippen molar-refractivity contribution < 1.29 is 14.8 Å². The van der Waals surface area contributed by atoms with Gasteiger partial charge in [0, 0.05) is 68.9 Å². The molecule has 1 aromatic heterocycles. The van der Waals surface area contributed by atoms with E-state index in [1.807, 2.05) is 12.1 Å². The first-order chi connectivity index (χ1) is 18.5. The lowest BCUT2D eigenvalue weighted by molar-refractivity contribution is -0.134. The first-order valence-electron chi connectivity index (χ1n) is 13.5. The molecule has 0 radical (unpaired) electrons. The summed E-state index contributed by atoms with van der Waals surface area (Å²) in [5.74, 6) is -0.344. The molecular formula is C30H37N5O3. The van der Waals surface area contributed by atoms with E-state index in [0.29, 0.717) is 13.0 Å². The Kier molecular flexibility index (Phi) is 8.22. The lowest BCUT2D eigenvalue weighted by atomic mass is 10.0. The van der Waals surface area contributed by atoms with Crippen LogP contribution in [-0.4, -0.2) is 83.0 Å². The molecule has 8 nitrogen and oxygen atoms in total. The minimum absolute atomic E-state index is 0.0500. The normalized spacial score (nSPS) is 18.2. The number of amides is 2. The Bertz CT molecular complexity index is 1310. The van der Waals surface area contributed by atoms with Gasteiger partial charge in [0.05, 0.1) is 6.04 Å². The van der Waals surface area contributed by atoms with Crippen LogP contribution in [0.3, 0.4) is 0 Å². The van der Waals surface area contributed by atoms with Gasteiger partial charge in [0.1, 0.15) is 0 Å². The number of benzene rings is 2. The fraction of sp³-hybridized carbons (Fsp3) is 0.400. The Morgan fingerprint density at radius 1 is 1.16 bits per heavy atom. The molecule has 1 saturated heterocycles. The molecular weight excluding hydrogens is 478 g/mol. The van der Waals surface area contributed by atoms with Crippen molar-refractivity contribution in [3.63, 3.8) is 0 Å². The minimum Gasteiger partial charge on any atom is -0.361 e. The highest BCUT2D eigenvalue weighted by Crippen LogP contribution is 2.37. The van der Waals surface area contributed by atoms with E-state index >= 15 is 0 Å². The number of H-pyrrole nitrogens is 1. The summed E-state index contributed by atoms with van der Waals surface area (Å²) >= 11 is 0. The molecule has 2 aromatic carbocycles. The van der Waals surface area contributed by atoms with Crippen molar-refractivity contribution in [2.24, 2.45) is 0 Å². The lowest BCUT2D eigenvalue weighted by Crippen LogP contribution is -2.46. The third kappa shape index (κ3) is 5.99. The molecule has 1 atom stereocenters. The van der Waals surface area contributed by atoms with Gasteiger partial charge in [0.15, 0.2) is 0 Å². The maximum absolute atomic E-state index is 13.7. The molecule has 0 saturated carbocycles. The van der Waals surface area contributed by atoms with Crippen LogP contribution in [0.2, 0.25) is 0 Å². The van der Waals surface area contributed by atoms with Gasteiger partial charge in [-0.3, -0.25) is 14.8 Å². The minimum atomic E-state index is -0.558. The van der Waals surface area contributed by atoms with Crippen molar-refractivity contribution in [2.45, 2.75) is 31.7 Å². The van der Waals surface area contributed by atoms with Crippen LogP contribution in [0.5, 0.6) is 0 Å². The number of aryl methyl sites for hydroxylation is 1. The van der Waals surface area contributed by atoms with Crippen molar-refractivity contribution in [3.8, 4) is 0 Å². The lowest BCUT2D eigenvalue weighted by Gasteiger charge is -2.34. The Hall–Kier alpha value is -3.46. The summed E-state index contributed by atoms with van der Waals surface area (Å²) < 4.78 is 0. The van der Waals surface area contributed by atoms with Gasteiger partial charge in [-0.2, -0.15) is 0 Å². The van der Waals surface area contributed by atoms with Crippen LogP contribution in [-0.2, 0) is 22.4 Å². The smallest absolute Gasteiger partial charge is 0.267 e. The van der Waals surface area contributed by atoms with Gasteiger partial charge < -0.3 is 19.7 Å². The molecule has 8 heteroatoms. The van der Waals surface area contributed by atoms with Gasteiger partial charge in [-0.05, 0) is 60.7 Å². The number of hydrogen-bond acceptors (Lipinski definition) is 5. The Morgan fingerprint density at radius 2 is 1.97 bits per heavy atom. The third-order valence-electron chi connectivity index (χ3n) is 7.98. The number of aromatic amines is 1. The average Bonchev–Trinajstić information content (AvgIpc) is 3.55. The number of piperazine rings is 1. The maximum Gasteiger partial charge on any atom is 0.267 e. The Morgan fingerprint density at radius 3 is 2.79 bits per heavy atom. The molecule has 200 valence electrons. The largest absolute Gasteiger partial charge is 0.361 e. The zero-order valence-corrected chi connectivity index (χ0v) is 22.0. The van der Waals surface area contributed by atoms with E-state index in [-0.39, 0.29) is 11.9 Å². The van der Waals surface area contributed by atoms with E-state index in [1.165, 1.54) is 28.2 Å². The molecule has 0 spiro atoms. The van der Waals surface area contributed by atoms with Gasteiger partial charge in [-0.1, -0.05) is 36.4 Å². The molecule has 2 heterocycles. The molecule has 2 aliphatic rings. The number of carbonyl (C=O) groups is 2. The predicted molar refractivity (Wildman–Crippen MR) is 149 cm³/mol. The molecule has 3 N–H and O–H groups in total. The van der Waals surface area contributed by atoms with E-state index in [9.17, 15) is 9.59 Å². The molecule has 2 amide bonds. The van der Waals surface area contributed by atoms with Crippen LogP contribution in [0.15, 0.2) is 54.7 Å². The second-order valence-electron chi connectivity index (χ2n) is 10.4. The van der Waals surface area contributed by atoms with Gasteiger partial charge in [-0.25, -0.2) is 5.48 Å². The monoisotopic (exact) mass is 515 g/mol. The maximum atomic E-state index is 13.7. The van der Waals surface area contributed by atoms with Crippen LogP contribution >= 0.6 is 0 Å². The third-order valence-corrected chi connectivity index (χ3v) is 7.98. The number of carbonyl (C=O) groups excluding carboxylic acids is 2. The van der Waals surface area contributed by atoms with Crippen LogP contribution < -0.4 is 5.48 Å². The molecule has 1 unspecified atom stereocenters. The van der Waals surface area contributed by atoms with E-state index < -0.39 is 5.91 Å². The van der Waals surface area contributed by atoms with E-state index in [2.05, 4.69) is 63.3 Å². The van der Waals surface area contributed by atoms with Crippen molar-refractivity contribution >= 4 is 28.8 Å². The van der Waals surface area contributed by atoms with Crippen LogP contribution in [0.4, 0.5) is 0 Å². The molecule has 5 rings (SSSR count). The molecule has 1 fully saturated rings. The van der Waals surface area contributed by atoms with E-state index in [4.69, 9.17) is 5.21 Å². The first-order valence-corrected chi connectivity index (χ1v) is 13.5. The summed E-state index contributed by atoms with van der Waals surface area (Å²) in [5.41, 5.74) is 7.29. The zero-order valence-electron chi connectivity index (χ0n) is 22.0. The summed E-state index contributed by atoms with van der Waals surface area (Å²) in [5, 5.41) is 9.95. The van der Waals surface area contributed by atoms with Crippen LogP contribution in [0.1, 0.15) is 41.1 Å². The highest BCUT2D eigenvalue weighted by molar-refractivity contribution is 5.90. The molecule has 0 bridgehead atoms. The second kappa shape index (κ2) is 11.9. The Labute approximate surface area is 223 Å². The van der Waals surface area contributed by atoms with E-state index in [1.54, 1.807) is 11.6 Å². The standard InChI is InChI=1S/C30H37N5O3/c1-33-16-18-34(19-17-33)14-13-30(37)35(15-12-24-21-31-27-5-3-2-4-25(24)27)28-10-8-23-20-22(6-9-26(23)28)7-11-29(36)32-38/h2-7,9,11,20-21,28,31,38H,8,10,12-19H2,1H3,(H,32,36)/b11-7+. The summed E-state index contributed by atoms with van der Waals surface area (Å²) in [6.07, 6.45) is 8.19. The summed E-state index contributed by atoms with van der Waals surface area (Å²) in [4.78, 5) is 35.3. The van der Waals surface area contributed by atoms with Gasteiger partial charge >= 0.3 is 0 Å². The summed E-state index contributed by atoms with van der Waals surface area (Å²) in [6.45, 7) is 5.58. The van der Waals surface area contributed by atoms with Gasteiger partial charge in [-0.15, -0.1) is 0 Å². The molecule has 1 aliphatic heterocycles. The highest BCUT2D eigenvalue weighted by atomic mass is 16.5. The number of nitrogens with zero attached hydrogens (tertiary/aromatic N) is 3. The fourth-order valence-corrected chi connectivity index (χ4v) is 5.75. The number of likely N-dealkylation sites (N-methyl/N-ethyl adjacent to an activating group) is 1. The molecule has 3 aromatic rings. The average molecular weight is 516 g/mol. The second-order valence-corrected chi connectivity index (χ2v) is 10.4. The number of hydrogen-bond donors (Lipinski definition) is 3. The number of nitrogens with one attached hydrogen (secondary N) is 2. The highest BCUT2D eigenvalue weighted by Gasteiger charge is 2.31. The number of aromatic nitrogens is 1. The van der Waals surface area contributed by atoms with Gasteiger partial charge in [0.2, 0.25) is 5.91 Å². The quantitative estimate of drug-likeness (QED) is 0.231. The van der Waals surface area contributed by atoms with Crippen LogP contribution in [0.25, 0.3) is 17.0 Å². The topological polar surface area (TPSA) is 91.9 Å². The number of para-hydroxylation sites is 1. The van der Waals surface area contributed by atoms with Crippen LogP contribution in [0, 0.1) is 0 Å². The van der Waals surface area contributed by atoms with Crippen molar-refractivity contribution in [1.29, 1.82) is 0 Å². The zero-order chi connectivity index (χ0) is 26.5. The number of hydroxylamine groups is 1. The predicted octanol–water partition coefficient (Wildman–Crippen LogP) is 3.38. The number of rotatable bonds is 9. The Balaban J connectivity index is 1.33. The fourth-order valence-electron chi connectivity index (χ4n) is 5.75. The van der Waals surface area contributed by atoms with Crippen molar-refractivity contribution in [2.75, 3.05) is 46.3 Å². The first kappa shape index (κ1) is 26.2. The van der Waals surface area contributed by atoms with Gasteiger partial charge in [0.25, 0.3) is 5.91 Å². The van der Waals surface area contributed by atoms with Crippen molar-refractivity contribution in [3.05, 3.63) is 77.0 Å². The summed E-state index contributed by atoms with van der Waals surface area (Å²) in [6, 6.07) is 14.5. The SMILES string of the molecule is CN1CCN(CCC(=O)N(CCc2c[nH]c3ccccc23)C2CCc3cc(/C=C/C(=O)NO)ccc32)CC1. The molecule has 38 heavy (non-hydrogen) atoms. The van der Waals surface area contributed by atoms with E-state index in [0.717, 1.165) is 63.1 Å². The number of fused-ring (bicyclic) bond motifs is 2. The van der Waals surface area contributed by atoms with Crippen molar-refractivity contribution in [1.82, 2.24) is 25.2 Å². The molecule has 1 aliphatic carbocycles.